The molecule has 1 atom stereocenters. The minimum absolute atomic E-state index is 0.0449. The van der Waals surface area contributed by atoms with Crippen LogP contribution in [0.1, 0.15) is 33.0 Å². The number of nitrogens with one attached hydrogen (secondary N) is 3. The fourth-order valence-corrected chi connectivity index (χ4v) is 3.61. The van der Waals surface area contributed by atoms with Gasteiger partial charge >= 0.3 is 6.03 Å². The maximum atomic E-state index is 13.0. The molecule has 0 bridgehead atoms. The number of rotatable bonds is 3. The number of hydrogen-bond donors (Lipinski definition) is 4. The van der Waals surface area contributed by atoms with Crippen LogP contribution in [0.5, 0.6) is 0 Å². The van der Waals surface area contributed by atoms with Crippen molar-refractivity contribution in [2.45, 2.75) is 18.9 Å². The number of carbonyl (C=O) groups is 2. The fraction of sp³-hybridized carbons (Fsp3) is 0.263. The Morgan fingerprint density at radius 3 is 2.70 bits per heavy atom. The lowest BCUT2D eigenvalue weighted by molar-refractivity contribution is 0.0935. The molecule has 3 amide bonds. The average molecular weight is 386 g/mol. The molecule has 0 radical (unpaired) electrons. The van der Waals surface area contributed by atoms with E-state index < -0.39 is 6.03 Å². The molecule has 0 saturated carbocycles. The number of nitrogens with two attached hydrogens (primary N) is 1. The van der Waals surface area contributed by atoms with E-state index in [1.807, 2.05) is 0 Å². The zero-order chi connectivity index (χ0) is 19.2. The number of halogens is 1. The number of amides is 3. The minimum atomic E-state index is -0.751. The van der Waals surface area contributed by atoms with Crippen molar-refractivity contribution in [3.8, 4) is 11.8 Å². The van der Waals surface area contributed by atoms with Gasteiger partial charge in [-0.1, -0.05) is 11.8 Å². The number of hydrogen-bond acceptors (Lipinski definition) is 4. The lowest BCUT2D eigenvalue weighted by Crippen LogP contribution is -2.45. The highest BCUT2D eigenvalue weighted by Crippen LogP contribution is 2.27. The van der Waals surface area contributed by atoms with E-state index in [1.54, 1.807) is 18.2 Å². The molecule has 1 aromatic carbocycles. The van der Waals surface area contributed by atoms with E-state index in [0.29, 0.717) is 27.5 Å². The summed E-state index contributed by atoms with van der Waals surface area (Å²) in [6.45, 7) is 1.66. The molecule has 0 spiro atoms. The molecule has 2 heterocycles. The first kappa shape index (κ1) is 18.9. The number of urea groups is 1. The molecule has 27 heavy (non-hydrogen) atoms. The highest BCUT2D eigenvalue weighted by atomic mass is 32.1. The molecule has 140 valence electrons. The average Bonchev–Trinajstić information content (AvgIpc) is 3.04. The third-order valence-corrected chi connectivity index (χ3v) is 5.05. The van der Waals surface area contributed by atoms with Gasteiger partial charge < -0.3 is 21.7 Å². The van der Waals surface area contributed by atoms with Crippen LogP contribution in [0, 0.1) is 17.7 Å². The van der Waals surface area contributed by atoms with E-state index in [-0.39, 0.29) is 17.8 Å². The molecule has 1 saturated heterocycles. The zero-order valence-corrected chi connectivity index (χ0v) is 15.3. The van der Waals surface area contributed by atoms with Gasteiger partial charge in [0.2, 0.25) is 0 Å². The molecule has 1 aliphatic rings. The fourth-order valence-electron chi connectivity index (χ4n) is 2.74. The van der Waals surface area contributed by atoms with E-state index in [4.69, 9.17) is 5.73 Å². The summed E-state index contributed by atoms with van der Waals surface area (Å²) in [6, 6.07) is 6.71. The van der Waals surface area contributed by atoms with E-state index in [0.717, 1.165) is 19.4 Å². The number of anilines is 1. The summed E-state index contributed by atoms with van der Waals surface area (Å²) in [4.78, 5) is 24.8. The van der Waals surface area contributed by atoms with E-state index >= 15 is 0 Å². The smallest absolute Gasteiger partial charge is 0.316 e. The molecule has 6 nitrogen and oxygen atoms in total. The molecule has 5 N–H and O–H groups in total. The second-order valence-electron chi connectivity index (χ2n) is 6.12. The Balaban J connectivity index is 1.81. The number of thiophene rings is 1. The highest BCUT2D eigenvalue weighted by molar-refractivity contribution is 7.15. The van der Waals surface area contributed by atoms with Crippen LogP contribution >= 0.6 is 11.3 Å². The first-order valence-electron chi connectivity index (χ1n) is 8.51. The van der Waals surface area contributed by atoms with Gasteiger partial charge in [0.15, 0.2) is 0 Å². The molecule has 3 rings (SSSR count). The van der Waals surface area contributed by atoms with Gasteiger partial charge in [0.05, 0.1) is 10.6 Å². The Hall–Kier alpha value is -2.89. The summed E-state index contributed by atoms with van der Waals surface area (Å²) in [6.07, 6.45) is 1.90. The van der Waals surface area contributed by atoms with E-state index in [2.05, 4.69) is 27.8 Å². The number of piperidine rings is 1. The van der Waals surface area contributed by atoms with E-state index in [1.165, 1.54) is 23.5 Å². The molecular formula is C19H19FN4O2S. The van der Waals surface area contributed by atoms with Crippen LogP contribution in [0.3, 0.4) is 0 Å². The normalized spacial score (nSPS) is 16.1. The molecule has 2 aromatic rings. The molecule has 0 unspecified atom stereocenters. The Kier molecular flexibility index (Phi) is 6.06. The molecule has 1 aromatic heterocycles. The van der Waals surface area contributed by atoms with Crippen LogP contribution < -0.4 is 21.7 Å². The largest absolute Gasteiger partial charge is 0.351 e. The summed E-state index contributed by atoms with van der Waals surface area (Å²) in [7, 11) is 0. The van der Waals surface area contributed by atoms with Crippen molar-refractivity contribution >= 4 is 29.0 Å². The monoisotopic (exact) mass is 386 g/mol. The standard InChI is InChI=1S/C19H19FN4O2S/c20-13-6-3-12(4-7-13)5-8-15-10-16(24-19(21)26)17(27-15)18(25)23-14-2-1-9-22-11-14/h3-4,6-7,10,14,22H,1-2,9,11H2,(H,23,25)(H3,21,24,26)/t14-/m0/s1. The van der Waals surface area contributed by atoms with Gasteiger partial charge in [0, 0.05) is 18.2 Å². The van der Waals surface area contributed by atoms with Crippen LogP contribution in [0.2, 0.25) is 0 Å². The van der Waals surface area contributed by atoms with Crippen LogP contribution in [-0.2, 0) is 0 Å². The summed E-state index contributed by atoms with van der Waals surface area (Å²) in [5, 5.41) is 8.68. The van der Waals surface area contributed by atoms with Gasteiger partial charge in [-0.25, -0.2) is 9.18 Å². The van der Waals surface area contributed by atoms with Gasteiger partial charge in [-0.05, 0) is 49.7 Å². The van der Waals surface area contributed by atoms with Crippen molar-refractivity contribution in [3.05, 3.63) is 51.5 Å². The number of benzene rings is 1. The Labute approximate surface area is 160 Å². The first-order valence-corrected chi connectivity index (χ1v) is 9.32. The summed E-state index contributed by atoms with van der Waals surface area (Å²) < 4.78 is 13.0. The summed E-state index contributed by atoms with van der Waals surface area (Å²) >= 11 is 1.17. The SMILES string of the molecule is NC(=O)Nc1cc(C#Cc2ccc(F)cc2)sc1C(=O)N[C@H]1CCCNC1. The van der Waals surface area contributed by atoms with Crippen molar-refractivity contribution in [2.75, 3.05) is 18.4 Å². The van der Waals surface area contributed by atoms with Crippen LogP contribution in [-0.4, -0.2) is 31.1 Å². The second-order valence-corrected chi connectivity index (χ2v) is 7.17. The van der Waals surface area contributed by atoms with E-state index in [9.17, 15) is 14.0 Å². The van der Waals surface area contributed by atoms with Crippen LogP contribution in [0.15, 0.2) is 30.3 Å². The molecule has 1 aliphatic heterocycles. The maximum Gasteiger partial charge on any atom is 0.316 e. The predicted octanol–water partition coefficient (Wildman–Crippen LogP) is 2.26. The summed E-state index contributed by atoms with van der Waals surface area (Å²) in [5.41, 5.74) is 6.19. The minimum Gasteiger partial charge on any atom is -0.351 e. The van der Waals surface area contributed by atoms with Gasteiger partial charge in [-0.3, -0.25) is 4.79 Å². The van der Waals surface area contributed by atoms with Gasteiger partial charge in [-0.15, -0.1) is 11.3 Å². The molecular weight excluding hydrogens is 367 g/mol. The molecule has 1 fully saturated rings. The quantitative estimate of drug-likeness (QED) is 0.609. The van der Waals surface area contributed by atoms with Crippen molar-refractivity contribution in [3.63, 3.8) is 0 Å². The maximum absolute atomic E-state index is 13.0. The first-order chi connectivity index (χ1) is 13.0. The highest BCUT2D eigenvalue weighted by Gasteiger charge is 2.21. The van der Waals surface area contributed by atoms with Crippen molar-refractivity contribution < 1.29 is 14.0 Å². The Bertz CT molecular complexity index is 893. The van der Waals surface area contributed by atoms with Crippen molar-refractivity contribution in [1.82, 2.24) is 10.6 Å². The Morgan fingerprint density at radius 1 is 1.26 bits per heavy atom. The summed E-state index contributed by atoms with van der Waals surface area (Å²) in [5.74, 6) is 5.24. The van der Waals surface area contributed by atoms with Crippen LogP contribution in [0.25, 0.3) is 0 Å². The second kappa shape index (κ2) is 8.66. The van der Waals surface area contributed by atoms with Crippen molar-refractivity contribution in [1.29, 1.82) is 0 Å². The van der Waals surface area contributed by atoms with Gasteiger partial charge in [0.1, 0.15) is 10.7 Å². The lowest BCUT2D eigenvalue weighted by atomic mass is 10.1. The molecule has 8 heteroatoms. The van der Waals surface area contributed by atoms with Crippen LogP contribution in [0.4, 0.5) is 14.9 Å². The molecule has 0 aliphatic carbocycles. The third kappa shape index (κ3) is 5.29. The van der Waals surface area contributed by atoms with Gasteiger partial charge in [0.25, 0.3) is 5.91 Å². The van der Waals surface area contributed by atoms with Crippen molar-refractivity contribution in [2.24, 2.45) is 5.73 Å². The van der Waals surface area contributed by atoms with Gasteiger partial charge in [-0.2, -0.15) is 0 Å². The topological polar surface area (TPSA) is 96.2 Å². The Morgan fingerprint density at radius 2 is 2.04 bits per heavy atom. The zero-order valence-electron chi connectivity index (χ0n) is 14.5. The third-order valence-electron chi connectivity index (χ3n) is 4.00. The number of primary amides is 1. The lowest BCUT2D eigenvalue weighted by Gasteiger charge is -2.23. The number of carbonyl (C=O) groups excluding carboxylic acids is 2. The predicted molar refractivity (Wildman–Crippen MR) is 103 cm³/mol.